The number of esters is 2. The lowest BCUT2D eigenvalue weighted by atomic mass is 10.1. The Balaban J connectivity index is 4.24. The molecule has 0 aromatic heterocycles. The van der Waals surface area contributed by atoms with Crippen LogP contribution in [0.1, 0.15) is 226 Å². The molecular formula is C49H88O5. The first-order valence-corrected chi connectivity index (χ1v) is 23.2. The van der Waals surface area contributed by atoms with Crippen LogP contribution in [0.2, 0.25) is 0 Å². The van der Waals surface area contributed by atoms with Crippen molar-refractivity contribution >= 4 is 11.9 Å². The molecule has 0 fully saturated rings. The Bertz CT molecular complexity index is 904. The maximum Gasteiger partial charge on any atom is 0.306 e. The van der Waals surface area contributed by atoms with Crippen LogP contribution in [0, 0.1) is 0 Å². The molecule has 5 heteroatoms. The second-order valence-electron chi connectivity index (χ2n) is 15.3. The van der Waals surface area contributed by atoms with E-state index in [4.69, 9.17) is 14.2 Å². The zero-order chi connectivity index (χ0) is 39.3. The van der Waals surface area contributed by atoms with E-state index in [1.807, 2.05) is 0 Å². The summed E-state index contributed by atoms with van der Waals surface area (Å²) < 4.78 is 17.3. The normalized spacial score (nSPS) is 12.6. The fourth-order valence-electron chi connectivity index (χ4n) is 6.40. The molecule has 0 aliphatic heterocycles. The van der Waals surface area contributed by atoms with Gasteiger partial charge in [-0.2, -0.15) is 0 Å². The highest BCUT2D eigenvalue weighted by Crippen LogP contribution is 2.13. The van der Waals surface area contributed by atoms with E-state index in [9.17, 15) is 9.59 Å². The molecule has 0 radical (unpaired) electrons. The first-order chi connectivity index (χ1) is 26.6. The SMILES string of the molecule is CC/C=C\C/C=C\C/C=C\CCCCCCCCOCC(COC(=O)CCCCCCC/C=C\CCCCCC)OC(=O)CCCCCCCCCCC. The van der Waals surface area contributed by atoms with Gasteiger partial charge in [0, 0.05) is 19.4 Å². The summed E-state index contributed by atoms with van der Waals surface area (Å²) in [5.74, 6) is -0.413. The van der Waals surface area contributed by atoms with E-state index in [2.05, 4.69) is 69.4 Å². The summed E-state index contributed by atoms with van der Waals surface area (Å²) in [5.41, 5.74) is 0. The summed E-state index contributed by atoms with van der Waals surface area (Å²) in [6.45, 7) is 7.66. The third kappa shape index (κ3) is 42.6. The Kier molecular flexibility index (Phi) is 43.5. The first kappa shape index (κ1) is 51.9. The van der Waals surface area contributed by atoms with E-state index in [0.29, 0.717) is 19.4 Å². The largest absolute Gasteiger partial charge is 0.462 e. The number of ether oxygens (including phenoxy) is 3. The van der Waals surface area contributed by atoms with Gasteiger partial charge < -0.3 is 14.2 Å². The summed E-state index contributed by atoms with van der Waals surface area (Å²) in [6.07, 6.45) is 53.9. The molecule has 0 saturated carbocycles. The van der Waals surface area contributed by atoms with Crippen molar-refractivity contribution in [2.24, 2.45) is 0 Å². The Morgan fingerprint density at radius 2 is 0.833 bits per heavy atom. The number of hydrogen-bond acceptors (Lipinski definition) is 5. The van der Waals surface area contributed by atoms with Crippen molar-refractivity contribution in [1.29, 1.82) is 0 Å². The van der Waals surface area contributed by atoms with E-state index >= 15 is 0 Å². The lowest BCUT2D eigenvalue weighted by molar-refractivity contribution is -0.163. The minimum atomic E-state index is -0.541. The monoisotopic (exact) mass is 757 g/mol. The van der Waals surface area contributed by atoms with Crippen LogP contribution < -0.4 is 0 Å². The second-order valence-corrected chi connectivity index (χ2v) is 15.3. The molecule has 1 unspecified atom stereocenters. The zero-order valence-electron chi connectivity index (χ0n) is 36.0. The van der Waals surface area contributed by atoms with Gasteiger partial charge in [0.1, 0.15) is 6.61 Å². The lowest BCUT2D eigenvalue weighted by Gasteiger charge is -2.18. The summed E-state index contributed by atoms with van der Waals surface area (Å²) in [6, 6.07) is 0. The molecule has 0 rings (SSSR count). The molecule has 0 amide bonds. The fourth-order valence-corrected chi connectivity index (χ4v) is 6.40. The third-order valence-electron chi connectivity index (χ3n) is 9.85. The van der Waals surface area contributed by atoms with Crippen molar-refractivity contribution in [3.05, 3.63) is 48.6 Å². The van der Waals surface area contributed by atoms with Gasteiger partial charge in [-0.1, -0.05) is 185 Å². The van der Waals surface area contributed by atoms with E-state index < -0.39 is 6.10 Å². The minimum absolute atomic E-state index is 0.0775. The maximum absolute atomic E-state index is 12.7. The molecule has 0 aromatic rings. The molecule has 5 nitrogen and oxygen atoms in total. The average molecular weight is 757 g/mol. The molecule has 0 aliphatic carbocycles. The van der Waals surface area contributed by atoms with Gasteiger partial charge in [-0.05, 0) is 77.0 Å². The lowest BCUT2D eigenvalue weighted by Crippen LogP contribution is -2.30. The number of unbranched alkanes of at least 4 members (excludes halogenated alkanes) is 23. The van der Waals surface area contributed by atoms with Crippen LogP contribution in [0.4, 0.5) is 0 Å². The van der Waals surface area contributed by atoms with Gasteiger partial charge in [-0.15, -0.1) is 0 Å². The van der Waals surface area contributed by atoms with Crippen molar-refractivity contribution in [1.82, 2.24) is 0 Å². The standard InChI is InChI=1S/C49H88O5/c1-4-7-10-13-16-19-21-23-24-25-27-29-32-35-38-41-44-52-45-47(54-49(51)43-40-37-34-30-18-15-12-9-6-3)46-53-48(50)42-39-36-33-31-28-26-22-20-17-14-11-8-5-2/h7,10,16,19-20,22-24,47H,4-6,8-9,11-15,17-18,21,25-46H2,1-3H3/b10-7-,19-16-,22-20-,24-23-. The quantitative estimate of drug-likeness (QED) is 0.0353. The Hall–Kier alpha value is -2.14. The molecule has 1 atom stereocenters. The van der Waals surface area contributed by atoms with Gasteiger partial charge in [-0.3, -0.25) is 9.59 Å². The zero-order valence-corrected chi connectivity index (χ0v) is 36.0. The van der Waals surface area contributed by atoms with Crippen LogP contribution in [-0.4, -0.2) is 37.9 Å². The molecule has 0 N–H and O–H groups in total. The molecule has 0 bridgehead atoms. The number of allylic oxidation sites excluding steroid dienone is 8. The molecule has 0 heterocycles. The molecule has 0 aliphatic rings. The highest BCUT2D eigenvalue weighted by atomic mass is 16.6. The van der Waals surface area contributed by atoms with E-state index in [1.165, 1.54) is 116 Å². The predicted molar refractivity (Wildman–Crippen MR) is 233 cm³/mol. The summed E-state index contributed by atoms with van der Waals surface area (Å²) in [5, 5.41) is 0. The number of hydrogen-bond donors (Lipinski definition) is 0. The van der Waals surface area contributed by atoms with E-state index in [0.717, 1.165) is 77.0 Å². The van der Waals surface area contributed by atoms with Crippen molar-refractivity contribution in [2.75, 3.05) is 19.8 Å². The molecule has 0 saturated heterocycles. The molecule has 0 aromatic carbocycles. The predicted octanol–water partition coefficient (Wildman–Crippen LogP) is 15.2. The fraction of sp³-hybridized carbons (Fsp3) is 0.796. The Morgan fingerprint density at radius 3 is 1.37 bits per heavy atom. The van der Waals surface area contributed by atoms with Crippen molar-refractivity contribution in [3.8, 4) is 0 Å². The van der Waals surface area contributed by atoms with Gasteiger partial charge in [0.2, 0.25) is 0 Å². The summed E-state index contributed by atoms with van der Waals surface area (Å²) in [4.78, 5) is 25.2. The van der Waals surface area contributed by atoms with Crippen LogP contribution in [0.25, 0.3) is 0 Å². The van der Waals surface area contributed by atoms with Gasteiger partial charge in [-0.25, -0.2) is 0 Å². The van der Waals surface area contributed by atoms with Crippen molar-refractivity contribution in [2.45, 2.75) is 232 Å². The average Bonchev–Trinajstić information content (AvgIpc) is 3.17. The van der Waals surface area contributed by atoms with Gasteiger partial charge in [0.05, 0.1) is 6.61 Å². The number of carbonyl (C=O) groups is 2. The van der Waals surface area contributed by atoms with Gasteiger partial charge in [0.25, 0.3) is 0 Å². The topological polar surface area (TPSA) is 61.8 Å². The molecular weight excluding hydrogens is 669 g/mol. The smallest absolute Gasteiger partial charge is 0.306 e. The third-order valence-corrected chi connectivity index (χ3v) is 9.85. The highest BCUT2D eigenvalue weighted by Gasteiger charge is 2.17. The molecule has 0 spiro atoms. The van der Waals surface area contributed by atoms with Crippen LogP contribution in [0.5, 0.6) is 0 Å². The summed E-state index contributed by atoms with van der Waals surface area (Å²) in [7, 11) is 0. The van der Waals surface area contributed by atoms with E-state index in [-0.39, 0.29) is 25.2 Å². The van der Waals surface area contributed by atoms with Crippen LogP contribution in [0.15, 0.2) is 48.6 Å². The van der Waals surface area contributed by atoms with E-state index in [1.54, 1.807) is 0 Å². The molecule has 54 heavy (non-hydrogen) atoms. The van der Waals surface area contributed by atoms with Crippen LogP contribution in [-0.2, 0) is 23.8 Å². The number of carbonyl (C=O) groups excluding carboxylic acids is 2. The first-order valence-electron chi connectivity index (χ1n) is 23.2. The summed E-state index contributed by atoms with van der Waals surface area (Å²) >= 11 is 0. The Morgan fingerprint density at radius 1 is 0.426 bits per heavy atom. The minimum Gasteiger partial charge on any atom is -0.462 e. The van der Waals surface area contributed by atoms with Crippen LogP contribution >= 0.6 is 0 Å². The molecule has 314 valence electrons. The second kappa shape index (κ2) is 45.3. The number of rotatable bonds is 42. The maximum atomic E-state index is 12.7. The van der Waals surface area contributed by atoms with Gasteiger partial charge >= 0.3 is 11.9 Å². The van der Waals surface area contributed by atoms with Gasteiger partial charge in [0.15, 0.2) is 6.10 Å². The Labute approximate surface area is 335 Å². The highest BCUT2D eigenvalue weighted by molar-refractivity contribution is 5.70. The van der Waals surface area contributed by atoms with Crippen LogP contribution in [0.3, 0.4) is 0 Å². The van der Waals surface area contributed by atoms with Crippen molar-refractivity contribution in [3.63, 3.8) is 0 Å². The van der Waals surface area contributed by atoms with Crippen molar-refractivity contribution < 1.29 is 23.8 Å².